The van der Waals surface area contributed by atoms with Crippen molar-refractivity contribution in [3.63, 3.8) is 0 Å². The third-order valence-electron chi connectivity index (χ3n) is 5.60. The van der Waals surface area contributed by atoms with Crippen LogP contribution in [0.5, 0.6) is 0 Å². The molecule has 11 heteroatoms. The molecule has 0 aliphatic carbocycles. The Balaban J connectivity index is 1.85. The summed E-state index contributed by atoms with van der Waals surface area (Å²) < 4.78 is 31.0. The maximum absolute atomic E-state index is 12.9. The van der Waals surface area contributed by atoms with Gasteiger partial charge in [0.1, 0.15) is 17.3 Å². The van der Waals surface area contributed by atoms with E-state index in [1.54, 1.807) is 38.1 Å². The molecule has 0 saturated carbocycles. The lowest BCUT2D eigenvalue weighted by Gasteiger charge is -2.49. The minimum Gasteiger partial charge on any atom is -0.451 e. The van der Waals surface area contributed by atoms with Gasteiger partial charge in [-0.1, -0.05) is 30.8 Å². The zero-order valence-electron chi connectivity index (χ0n) is 18.4. The lowest BCUT2D eigenvalue weighted by Crippen LogP contribution is -2.75. The molecular formula is C22H27N3O7S. The van der Waals surface area contributed by atoms with E-state index >= 15 is 0 Å². The molecule has 2 aliphatic rings. The van der Waals surface area contributed by atoms with E-state index in [1.807, 2.05) is 0 Å². The summed E-state index contributed by atoms with van der Waals surface area (Å²) in [5.74, 6) is -2.94. The van der Waals surface area contributed by atoms with Crippen molar-refractivity contribution in [2.45, 2.75) is 43.8 Å². The largest absolute Gasteiger partial charge is 0.451 e. The first-order chi connectivity index (χ1) is 15.5. The molecule has 3 rings (SSSR count). The van der Waals surface area contributed by atoms with Crippen LogP contribution >= 0.6 is 0 Å². The van der Waals surface area contributed by atoms with Crippen molar-refractivity contribution in [3.8, 4) is 0 Å². The number of nitrogens with one attached hydrogen (secondary N) is 1. The number of benzene rings is 1. The number of hydrogen-bond donors (Lipinski definition) is 3. The van der Waals surface area contributed by atoms with Gasteiger partial charge in [0.15, 0.2) is 15.2 Å². The van der Waals surface area contributed by atoms with Gasteiger partial charge < -0.3 is 20.9 Å². The van der Waals surface area contributed by atoms with Crippen LogP contribution in [0.4, 0.5) is 0 Å². The highest BCUT2D eigenvalue weighted by Gasteiger charge is 2.60. The summed E-state index contributed by atoms with van der Waals surface area (Å²) in [6, 6.07) is 5.66. The molecule has 0 spiro atoms. The molecule has 178 valence electrons. The van der Waals surface area contributed by atoms with Crippen LogP contribution in [-0.2, 0) is 41.9 Å². The maximum atomic E-state index is 12.9. The Morgan fingerprint density at radius 1 is 1.33 bits per heavy atom. The number of hydrogen-bond acceptors (Lipinski definition) is 8. The molecule has 2 heterocycles. The van der Waals surface area contributed by atoms with Crippen LogP contribution in [-0.4, -0.2) is 65.6 Å². The molecule has 1 aromatic rings. The van der Waals surface area contributed by atoms with E-state index in [9.17, 15) is 27.9 Å². The number of fused-ring (bicyclic) bond motifs is 1. The third-order valence-corrected chi connectivity index (χ3v) is 7.57. The first-order valence-electron chi connectivity index (χ1n) is 10.3. The van der Waals surface area contributed by atoms with E-state index < -0.39 is 57.0 Å². The Labute approximate surface area is 192 Å². The Hall–Kier alpha value is -3.02. The van der Waals surface area contributed by atoms with Crippen molar-refractivity contribution in [3.05, 3.63) is 59.3 Å². The fourth-order valence-electron chi connectivity index (χ4n) is 3.79. The van der Waals surface area contributed by atoms with Crippen LogP contribution in [0.25, 0.3) is 0 Å². The summed E-state index contributed by atoms with van der Waals surface area (Å²) in [5, 5.41) is 10.7. The number of carbonyl (C=O) groups is 3. The average Bonchev–Trinajstić information content (AvgIpc) is 2.76. The Bertz CT molecular complexity index is 1140. The van der Waals surface area contributed by atoms with Gasteiger partial charge in [0, 0.05) is 12.1 Å². The molecule has 0 unspecified atom stereocenters. The van der Waals surface area contributed by atoms with Crippen molar-refractivity contribution >= 4 is 27.6 Å². The highest BCUT2D eigenvalue weighted by molar-refractivity contribution is 7.92. The molecule has 10 nitrogen and oxygen atoms in total. The monoisotopic (exact) mass is 477 g/mol. The smallest absolute Gasteiger partial charge is 0.356 e. The van der Waals surface area contributed by atoms with Crippen LogP contribution < -0.4 is 11.1 Å². The van der Waals surface area contributed by atoms with Crippen LogP contribution in [0.15, 0.2) is 48.2 Å². The van der Waals surface area contributed by atoms with E-state index in [2.05, 4.69) is 11.9 Å². The second kappa shape index (κ2) is 9.08. The van der Waals surface area contributed by atoms with Gasteiger partial charge >= 0.3 is 5.97 Å². The standard InChI is InChI=1S/C22H27N3O7S/c1-4-22(2,3)32-21(29)18-15(11-26)12-33(30,31)20-17(19(28)25(18)20)24-16(27)9-13-7-5-6-8-14(13)10-23/h4-8,17,20,26H,1,9-12,23H2,2-3H3,(H,24,27)/t17-,20-/m0/s1. The van der Waals surface area contributed by atoms with E-state index in [-0.39, 0.29) is 24.2 Å². The fraction of sp³-hybridized carbons (Fsp3) is 0.409. The quantitative estimate of drug-likeness (QED) is 0.258. The number of esters is 1. The number of rotatable bonds is 8. The predicted molar refractivity (Wildman–Crippen MR) is 119 cm³/mol. The van der Waals surface area contributed by atoms with Gasteiger partial charge in [-0.3, -0.25) is 14.5 Å². The summed E-state index contributed by atoms with van der Waals surface area (Å²) >= 11 is 0. The lowest BCUT2D eigenvalue weighted by molar-refractivity contribution is -0.157. The molecule has 0 aromatic heterocycles. The summed E-state index contributed by atoms with van der Waals surface area (Å²) in [6.45, 7) is 6.17. The number of carbonyl (C=O) groups excluding carboxylic acids is 3. The number of aliphatic hydroxyl groups excluding tert-OH is 1. The Morgan fingerprint density at radius 2 is 1.97 bits per heavy atom. The second-order valence-corrected chi connectivity index (χ2v) is 10.5. The molecule has 1 fully saturated rings. The molecule has 1 saturated heterocycles. The summed E-state index contributed by atoms with van der Waals surface area (Å²) in [7, 11) is -3.99. The molecule has 2 atom stereocenters. The van der Waals surface area contributed by atoms with Gasteiger partial charge in [0.2, 0.25) is 5.91 Å². The Kier molecular flexibility index (Phi) is 6.78. The highest BCUT2D eigenvalue weighted by atomic mass is 32.2. The van der Waals surface area contributed by atoms with Crippen LogP contribution in [0.2, 0.25) is 0 Å². The van der Waals surface area contributed by atoms with Gasteiger partial charge in [0.05, 0.1) is 18.8 Å². The van der Waals surface area contributed by atoms with E-state index in [1.165, 1.54) is 6.08 Å². The normalized spacial score (nSPS) is 21.7. The molecule has 1 aromatic carbocycles. The molecule has 0 bridgehead atoms. The first kappa shape index (κ1) is 24.6. The van der Waals surface area contributed by atoms with Gasteiger partial charge in [-0.25, -0.2) is 13.2 Å². The van der Waals surface area contributed by atoms with Crippen LogP contribution in [0, 0.1) is 0 Å². The summed E-state index contributed by atoms with van der Waals surface area (Å²) in [6.07, 6.45) is 1.28. The van der Waals surface area contributed by atoms with Gasteiger partial charge in [0.25, 0.3) is 5.91 Å². The minimum absolute atomic E-state index is 0.0932. The summed E-state index contributed by atoms with van der Waals surface area (Å²) in [4.78, 5) is 39.1. The molecule has 0 radical (unpaired) electrons. The maximum Gasteiger partial charge on any atom is 0.356 e. The molecular weight excluding hydrogens is 450 g/mol. The van der Waals surface area contributed by atoms with E-state index in [0.29, 0.717) is 5.56 Å². The van der Waals surface area contributed by atoms with Gasteiger partial charge in [-0.2, -0.15) is 0 Å². The predicted octanol–water partition coefficient (Wildman–Crippen LogP) is -0.476. The van der Waals surface area contributed by atoms with Crippen molar-refractivity contribution in [1.82, 2.24) is 10.2 Å². The molecule has 2 amide bonds. The minimum atomic E-state index is -3.99. The van der Waals surface area contributed by atoms with Gasteiger partial charge in [-0.05, 0) is 31.1 Å². The van der Waals surface area contributed by atoms with Crippen molar-refractivity contribution < 1.29 is 32.6 Å². The van der Waals surface area contributed by atoms with Crippen molar-refractivity contribution in [2.75, 3.05) is 12.4 Å². The Morgan fingerprint density at radius 3 is 2.55 bits per heavy atom. The van der Waals surface area contributed by atoms with E-state index in [0.717, 1.165) is 10.5 Å². The zero-order valence-corrected chi connectivity index (χ0v) is 19.2. The average molecular weight is 478 g/mol. The molecule has 33 heavy (non-hydrogen) atoms. The van der Waals surface area contributed by atoms with Crippen LogP contribution in [0.1, 0.15) is 25.0 Å². The summed E-state index contributed by atoms with van der Waals surface area (Å²) in [5.41, 5.74) is 5.54. The van der Waals surface area contributed by atoms with Crippen molar-refractivity contribution in [1.29, 1.82) is 0 Å². The fourth-order valence-corrected chi connectivity index (χ4v) is 5.80. The number of aliphatic hydroxyl groups is 1. The number of nitrogens with zero attached hydrogens (tertiary/aromatic N) is 1. The number of ether oxygens (including phenoxy) is 1. The first-order valence-corrected chi connectivity index (χ1v) is 12.0. The lowest BCUT2D eigenvalue weighted by atomic mass is 10.0. The highest BCUT2D eigenvalue weighted by Crippen LogP contribution is 2.37. The number of amides is 2. The second-order valence-electron chi connectivity index (χ2n) is 8.41. The van der Waals surface area contributed by atoms with Crippen LogP contribution in [0.3, 0.4) is 0 Å². The molecule has 4 N–H and O–H groups in total. The number of nitrogens with two attached hydrogens (primary N) is 1. The molecule has 2 aliphatic heterocycles. The zero-order chi connectivity index (χ0) is 24.6. The SMILES string of the molecule is C=CC(C)(C)OC(=O)C1=C(CO)CS(=O)(=O)[C@H]2[C@@H](NC(=O)Cc3ccccc3CN)C(=O)N12. The topological polar surface area (TPSA) is 156 Å². The number of sulfone groups is 1. The van der Waals surface area contributed by atoms with Gasteiger partial charge in [-0.15, -0.1) is 0 Å². The van der Waals surface area contributed by atoms with E-state index in [4.69, 9.17) is 10.5 Å². The number of β-lactam (4-membered cyclic amide) rings is 1. The third kappa shape index (κ3) is 4.70. The van der Waals surface area contributed by atoms with Crippen molar-refractivity contribution in [2.24, 2.45) is 5.73 Å².